The number of halogens is 1. The summed E-state index contributed by atoms with van der Waals surface area (Å²) in [7, 11) is 1.55. The second kappa shape index (κ2) is 5.84. The lowest BCUT2D eigenvalue weighted by molar-refractivity contribution is -0.139. The lowest BCUT2D eigenvalue weighted by atomic mass is 10.1. The third-order valence-corrected chi connectivity index (χ3v) is 4.71. The van der Waals surface area contributed by atoms with Crippen molar-refractivity contribution in [1.82, 2.24) is 14.7 Å². The summed E-state index contributed by atoms with van der Waals surface area (Å²) < 4.78 is 5.77. The molecule has 0 N–H and O–H groups in total. The van der Waals surface area contributed by atoms with Crippen LogP contribution in [0.5, 0.6) is 0 Å². The molecule has 0 aromatic heterocycles. The van der Waals surface area contributed by atoms with Crippen LogP contribution < -0.4 is 0 Å². The number of urea groups is 1. The third kappa shape index (κ3) is 2.45. The molecule has 3 amide bonds. The van der Waals surface area contributed by atoms with Crippen LogP contribution in [0.4, 0.5) is 4.79 Å². The molecule has 9 heteroatoms. The molecule has 26 heavy (non-hydrogen) atoms. The summed E-state index contributed by atoms with van der Waals surface area (Å²) in [6.45, 7) is 1.07. The maximum Gasteiger partial charge on any atom is 0.328 e. The van der Waals surface area contributed by atoms with Crippen molar-refractivity contribution in [3.05, 3.63) is 41.1 Å². The van der Waals surface area contributed by atoms with E-state index < -0.39 is 24.1 Å². The summed E-state index contributed by atoms with van der Waals surface area (Å²) in [5.41, 5.74) is 0.788. The van der Waals surface area contributed by atoms with Gasteiger partial charge in [-0.05, 0) is 31.2 Å². The third-order valence-electron chi connectivity index (χ3n) is 4.46. The summed E-state index contributed by atoms with van der Waals surface area (Å²) >= 11 is 5.90. The zero-order chi connectivity index (χ0) is 18.6. The highest BCUT2D eigenvalue weighted by atomic mass is 35.5. The molecule has 2 unspecified atom stereocenters. The number of aliphatic imine (C=N–C) groups is 1. The predicted octanol–water partition coefficient (Wildman–Crippen LogP) is 1.52. The number of imide groups is 1. The average molecular weight is 375 g/mol. The van der Waals surface area contributed by atoms with Gasteiger partial charge in [0, 0.05) is 17.6 Å². The molecule has 1 saturated heterocycles. The van der Waals surface area contributed by atoms with Crippen LogP contribution in [0.3, 0.4) is 0 Å². The van der Waals surface area contributed by atoms with Gasteiger partial charge in [-0.3, -0.25) is 19.4 Å². The number of nitrogens with zero attached hydrogens (tertiary/aromatic N) is 4. The van der Waals surface area contributed by atoms with E-state index in [4.69, 9.17) is 16.3 Å². The molecule has 134 valence electrons. The van der Waals surface area contributed by atoms with E-state index in [0.29, 0.717) is 10.8 Å². The SMILES string of the molecule is CC(=O)CN1C(=O)C2C(N=C3OC(c4ccc(Cl)cc4)=CN32)N(C)C1=O. The van der Waals surface area contributed by atoms with E-state index in [9.17, 15) is 14.4 Å². The largest absolute Gasteiger partial charge is 0.423 e. The number of likely N-dealkylation sites (N-methyl/N-ethyl adjacent to an activating group) is 1. The van der Waals surface area contributed by atoms with Crippen molar-refractivity contribution in [3.8, 4) is 0 Å². The maximum atomic E-state index is 12.8. The molecule has 1 aromatic rings. The minimum atomic E-state index is -0.753. The zero-order valence-electron chi connectivity index (χ0n) is 14.0. The summed E-state index contributed by atoms with van der Waals surface area (Å²) in [6.07, 6.45) is 0.997. The highest BCUT2D eigenvalue weighted by Gasteiger charge is 2.54. The molecule has 1 fully saturated rings. The first-order valence-corrected chi connectivity index (χ1v) is 8.34. The number of carbonyl (C=O) groups excluding carboxylic acids is 3. The topological polar surface area (TPSA) is 82.5 Å². The Hall–Kier alpha value is -2.87. The quantitative estimate of drug-likeness (QED) is 0.801. The van der Waals surface area contributed by atoms with Crippen LogP contribution in [0.15, 0.2) is 35.5 Å². The molecule has 0 spiro atoms. The molecule has 4 rings (SSSR count). The number of amides is 3. The van der Waals surface area contributed by atoms with Crippen LogP contribution in [0.2, 0.25) is 5.02 Å². The smallest absolute Gasteiger partial charge is 0.328 e. The van der Waals surface area contributed by atoms with Gasteiger partial charge < -0.3 is 9.64 Å². The molecule has 3 aliphatic heterocycles. The number of rotatable bonds is 3. The van der Waals surface area contributed by atoms with Gasteiger partial charge in [-0.2, -0.15) is 0 Å². The van der Waals surface area contributed by atoms with Crippen molar-refractivity contribution in [3.63, 3.8) is 0 Å². The van der Waals surface area contributed by atoms with Gasteiger partial charge in [0.05, 0.1) is 12.7 Å². The molecule has 0 aliphatic carbocycles. The number of ether oxygens (including phenoxy) is 1. The van der Waals surface area contributed by atoms with Gasteiger partial charge in [0.1, 0.15) is 5.78 Å². The minimum absolute atomic E-state index is 0.252. The number of amidine groups is 1. The molecule has 3 heterocycles. The highest BCUT2D eigenvalue weighted by molar-refractivity contribution is 6.30. The van der Waals surface area contributed by atoms with E-state index in [1.807, 2.05) is 0 Å². The van der Waals surface area contributed by atoms with Crippen LogP contribution in [0, 0.1) is 0 Å². The van der Waals surface area contributed by atoms with Crippen LogP contribution in [0.1, 0.15) is 12.5 Å². The van der Waals surface area contributed by atoms with Gasteiger partial charge >= 0.3 is 6.03 Å². The number of hydrogen-bond acceptors (Lipinski definition) is 6. The number of hydrogen-bond donors (Lipinski definition) is 0. The second-order valence-electron chi connectivity index (χ2n) is 6.30. The zero-order valence-corrected chi connectivity index (χ0v) is 14.8. The number of ketones is 1. The Morgan fingerprint density at radius 2 is 1.96 bits per heavy atom. The van der Waals surface area contributed by atoms with Crippen molar-refractivity contribution in [1.29, 1.82) is 0 Å². The summed E-state index contributed by atoms with van der Waals surface area (Å²) in [4.78, 5) is 44.9. The molecule has 0 saturated carbocycles. The van der Waals surface area contributed by atoms with E-state index in [0.717, 1.165) is 10.5 Å². The Balaban J connectivity index is 1.65. The molecule has 0 bridgehead atoms. The van der Waals surface area contributed by atoms with Crippen molar-refractivity contribution in [2.75, 3.05) is 13.6 Å². The monoisotopic (exact) mass is 374 g/mol. The van der Waals surface area contributed by atoms with Crippen molar-refractivity contribution in [2.24, 2.45) is 4.99 Å². The molecular formula is C17H15ClN4O4. The normalized spacial score (nSPS) is 24.2. The standard InChI is InChI=1S/C17H15ClN4O4/c1-9(23)7-22-15(24)13-14(20(2)17(22)25)19-16-21(13)8-12(26-16)10-3-5-11(18)6-4-10/h3-6,8,13-14H,7H2,1-2H3. The molecule has 1 aromatic carbocycles. The molecule has 0 radical (unpaired) electrons. The van der Waals surface area contributed by atoms with E-state index in [-0.39, 0.29) is 18.3 Å². The van der Waals surface area contributed by atoms with E-state index in [1.54, 1.807) is 42.4 Å². The first-order valence-electron chi connectivity index (χ1n) is 7.96. The Bertz CT molecular complexity index is 879. The number of benzene rings is 1. The van der Waals surface area contributed by atoms with Crippen molar-refractivity contribution < 1.29 is 19.1 Å². The van der Waals surface area contributed by atoms with Gasteiger partial charge in [-0.25, -0.2) is 9.79 Å². The van der Waals surface area contributed by atoms with E-state index in [2.05, 4.69) is 4.99 Å². The maximum absolute atomic E-state index is 12.8. The van der Waals surface area contributed by atoms with Crippen LogP contribution >= 0.6 is 11.6 Å². The predicted molar refractivity (Wildman–Crippen MR) is 92.9 cm³/mol. The van der Waals surface area contributed by atoms with Crippen LogP contribution in [-0.2, 0) is 14.3 Å². The van der Waals surface area contributed by atoms with Gasteiger partial charge in [-0.1, -0.05) is 11.6 Å². The Kier molecular flexibility index (Phi) is 3.73. The fourth-order valence-corrected chi connectivity index (χ4v) is 3.32. The van der Waals surface area contributed by atoms with Crippen molar-refractivity contribution in [2.45, 2.75) is 19.1 Å². The number of Topliss-reactive ketones (excluding diaryl/α,β-unsaturated/α-hetero) is 1. The molecular weight excluding hydrogens is 360 g/mol. The van der Waals surface area contributed by atoms with Gasteiger partial charge in [0.25, 0.3) is 11.9 Å². The number of carbonyl (C=O) groups is 3. The fourth-order valence-electron chi connectivity index (χ4n) is 3.20. The Labute approximate surface area is 154 Å². The highest BCUT2D eigenvalue weighted by Crippen LogP contribution is 2.35. The summed E-state index contributed by atoms with van der Waals surface area (Å²) in [5.74, 6) is -0.207. The Morgan fingerprint density at radius 3 is 2.62 bits per heavy atom. The number of fused-ring (bicyclic) bond motifs is 3. The molecule has 8 nitrogen and oxygen atoms in total. The summed E-state index contributed by atoms with van der Waals surface area (Å²) in [6, 6.07) is 6.03. The lowest BCUT2D eigenvalue weighted by Crippen LogP contribution is -2.64. The second-order valence-corrected chi connectivity index (χ2v) is 6.74. The molecule has 2 atom stereocenters. The molecule has 3 aliphatic rings. The lowest BCUT2D eigenvalue weighted by Gasteiger charge is -2.39. The van der Waals surface area contributed by atoms with Crippen molar-refractivity contribution >= 4 is 41.1 Å². The van der Waals surface area contributed by atoms with E-state index in [1.165, 1.54) is 11.8 Å². The first kappa shape index (κ1) is 16.6. The van der Waals surface area contributed by atoms with E-state index >= 15 is 0 Å². The van der Waals surface area contributed by atoms with Crippen LogP contribution in [-0.4, -0.2) is 64.2 Å². The van der Waals surface area contributed by atoms with Gasteiger partial charge in [-0.15, -0.1) is 0 Å². The first-order chi connectivity index (χ1) is 12.4. The minimum Gasteiger partial charge on any atom is -0.423 e. The van der Waals surface area contributed by atoms with Gasteiger partial charge in [0.2, 0.25) is 0 Å². The van der Waals surface area contributed by atoms with Gasteiger partial charge in [0.15, 0.2) is 18.0 Å². The fraction of sp³-hybridized carbons (Fsp3) is 0.294. The Morgan fingerprint density at radius 1 is 1.27 bits per heavy atom. The van der Waals surface area contributed by atoms with Crippen LogP contribution in [0.25, 0.3) is 5.76 Å². The summed E-state index contributed by atoms with van der Waals surface area (Å²) in [5, 5.41) is 0.604. The average Bonchev–Trinajstić information content (AvgIpc) is 3.15.